The summed E-state index contributed by atoms with van der Waals surface area (Å²) in [5.41, 5.74) is 0.788. The van der Waals surface area contributed by atoms with E-state index in [4.69, 9.17) is 9.26 Å². The summed E-state index contributed by atoms with van der Waals surface area (Å²) in [6.45, 7) is 1.15. The second-order valence-corrected chi connectivity index (χ2v) is 9.15. The molecule has 1 aromatic carbocycles. The molecule has 0 atom stereocenters. The highest BCUT2D eigenvalue weighted by atomic mass is 32.2. The van der Waals surface area contributed by atoms with E-state index >= 15 is 0 Å². The maximum absolute atomic E-state index is 12.8. The van der Waals surface area contributed by atoms with Gasteiger partial charge in [-0.15, -0.1) is 0 Å². The van der Waals surface area contributed by atoms with Crippen molar-refractivity contribution in [2.24, 2.45) is 0 Å². The highest BCUT2D eigenvalue weighted by molar-refractivity contribution is 7.89. The van der Waals surface area contributed by atoms with Gasteiger partial charge < -0.3 is 14.2 Å². The molecule has 10 nitrogen and oxygen atoms in total. The van der Waals surface area contributed by atoms with Crippen LogP contribution in [0, 0.1) is 0 Å². The van der Waals surface area contributed by atoms with Crippen LogP contribution in [-0.4, -0.2) is 71.9 Å². The Morgan fingerprint density at radius 1 is 1.06 bits per heavy atom. The van der Waals surface area contributed by atoms with Crippen molar-refractivity contribution in [2.75, 3.05) is 33.3 Å². The van der Waals surface area contributed by atoms with Crippen molar-refractivity contribution >= 4 is 15.9 Å². The average Bonchev–Trinajstić information content (AvgIpc) is 3.32. The molecule has 32 heavy (non-hydrogen) atoms. The quantitative estimate of drug-likeness (QED) is 0.525. The Labute approximate surface area is 185 Å². The summed E-state index contributed by atoms with van der Waals surface area (Å²) in [4.78, 5) is 22.7. The first-order chi connectivity index (χ1) is 15.5. The number of pyridine rings is 1. The Balaban J connectivity index is 1.29. The minimum Gasteiger partial charge on any atom is -0.497 e. The number of hydrogen-bond donors (Lipinski definition) is 0. The molecule has 1 fully saturated rings. The van der Waals surface area contributed by atoms with Crippen molar-refractivity contribution in [1.29, 1.82) is 0 Å². The molecule has 168 valence electrons. The van der Waals surface area contributed by atoms with Crippen LogP contribution in [0.25, 0.3) is 11.4 Å². The molecule has 1 saturated heterocycles. The lowest BCUT2D eigenvalue weighted by molar-refractivity contribution is -0.132. The van der Waals surface area contributed by atoms with Crippen molar-refractivity contribution in [3.63, 3.8) is 0 Å². The molecule has 0 radical (unpaired) electrons. The van der Waals surface area contributed by atoms with Gasteiger partial charge >= 0.3 is 0 Å². The van der Waals surface area contributed by atoms with Gasteiger partial charge in [0.1, 0.15) is 5.75 Å². The fourth-order valence-electron chi connectivity index (χ4n) is 3.42. The number of methoxy groups -OCH3 is 1. The van der Waals surface area contributed by atoms with E-state index in [0.717, 1.165) is 5.56 Å². The van der Waals surface area contributed by atoms with Gasteiger partial charge in [-0.3, -0.25) is 9.78 Å². The zero-order valence-corrected chi connectivity index (χ0v) is 18.4. The number of nitrogens with zero attached hydrogens (tertiary/aromatic N) is 5. The number of sulfonamides is 1. The Bertz CT molecular complexity index is 1160. The summed E-state index contributed by atoms with van der Waals surface area (Å²) in [5, 5.41) is 3.93. The van der Waals surface area contributed by atoms with Crippen LogP contribution in [0.3, 0.4) is 0 Å². The van der Waals surface area contributed by atoms with Gasteiger partial charge in [0.25, 0.3) is 0 Å². The highest BCUT2D eigenvalue weighted by Gasteiger charge is 2.30. The summed E-state index contributed by atoms with van der Waals surface area (Å²) >= 11 is 0. The molecule has 0 bridgehead atoms. The Kier molecular flexibility index (Phi) is 6.47. The van der Waals surface area contributed by atoms with Gasteiger partial charge in [0, 0.05) is 57.0 Å². The molecule has 3 heterocycles. The molecule has 0 unspecified atom stereocenters. The van der Waals surface area contributed by atoms with Gasteiger partial charge in [-0.05, 0) is 36.4 Å². The molecule has 0 spiro atoms. The number of piperazine rings is 1. The van der Waals surface area contributed by atoms with Crippen molar-refractivity contribution in [2.45, 2.75) is 17.7 Å². The molecular weight excluding hydrogens is 434 g/mol. The summed E-state index contributed by atoms with van der Waals surface area (Å²) in [7, 11) is -2.09. The monoisotopic (exact) mass is 457 g/mol. The van der Waals surface area contributed by atoms with Gasteiger partial charge in [0.15, 0.2) is 0 Å². The van der Waals surface area contributed by atoms with E-state index in [9.17, 15) is 13.2 Å². The lowest BCUT2D eigenvalue weighted by Crippen LogP contribution is -2.50. The lowest BCUT2D eigenvalue weighted by Gasteiger charge is -2.34. The number of carbonyl (C=O) groups is 1. The number of benzene rings is 1. The van der Waals surface area contributed by atoms with Crippen molar-refractivity contribution in [3.8, 4) is 17.1 Å². The minimum absolute atomic E-state index is 0.0739. The van der Waals surface area contributed by atoms with Crippen molar-refractivity contribution in [1.82, 2.24) is 24.3 Å². The standard InChI is InChI=1S/C21H23N5O5S/c1-30-17-2-4-18(5-3-17)32(28,29)26-14-12-25(13-15-26)20(27)7-6-19-23-21(24-31-19)16-8-10-22-11-9-16/h2-5,8-11H,6-7,12-15H2,1H3. The highest BCUT2D eigenvalue weighted by Crippen LogP contribution is 2.21. The van der Waals surface area contributed by atoms with Crippen LogP contribution in [0.1, 0.15) is 12.3 Å². The largest absolute Gasteiger partial charge is 0.497 e. The summed E-state index contributed by atoms with van der Waals surface area (Å²) in [5.74, 6) is 1.35. The molecule has 11 heteroatoms. The third-order valence-electron chi connectivity index (χ3n) is 5.25. The normalized spacial score (nSPS) is 15.0. The van der Waals surface area contributed by atoms with E-state index in [-0.39, 0.29) is 30.3 Å². The van der Waals surface area contributed by atoms with Crippen LogP contribution >= 0.6 is 0 Å². The van der Waals surface area contributed by atoms with Crippen molar-refractivity contribution < 1.29 is 22.5 Å². The SMILES string of the molecule is COc1ccc(S(=O)(=O)N2CCN(C(=O)CCc3nc(-c4ccncc4)no3)CC2)cc1. The molecule has 0 N–H and O–H groups in total. The third kappa shape index (κ3) is 4.78. The van der Waals surface area contributed by atoms with Crippen molar-refractivity contribution in [3.05, 3.63) is 54.7 Å². The summed E-state index contributed by atoms with van der Waals surface area (Å²) < 4.78 is 37.4. The zero-order chi connectivity index (χ0) is 22.6. The molecule has 1 aliphatic rings. The lowest BCUT2D eigenvalue weighted by atomic mass is 10.2. The minimum atomic E-state index is -3.61. The number of amides is 1. The smallest absolute Gasteiger partial charge is 0.243 e. The Morgan fingerprint density at radius 2 is 1.75 bits per heavy atom. The second-order valence-electron chi connectivity index (χ2n) is 7.21. The van der Waals surface area contributed by atoms with Crippen LogP contribution in [0.5, 0.6) is 5.75 Å². The molecule has 0 aliphatic carbocycles. The number of ether oxygens (including phenoxy) is 1. The fraction of sp³-hybridized carbons (Fsp3) is 0.333. The number of aromatic nitrogens is 3. The first-order valence-corrected chi connectivity index (χ1v) is 11.6. The second kappa shape index (κ2) is 9.45. The predicted molar refractivity (Wildman–Crippen MR) is 114 cm³/mol. The van der Waals surface area contributed by atoms with Crippen LogP contribution in [0.2, 0.25) is 0 Å². The van der Waals surface area contributed by atoms with E-state index in [0.29, 0.717) is 37.0 Å². The van der Waals surface area contributed by atoms with Crippen LogP contribution in [0.15, 0.2) is 58.2 Å². The molecule has 1 amide bonds. The third-order valence-corrected chi connectivity index (χ3v) is 7.16. The van der Waals surface area contributed by atoms with Gasteiger partial charge in [0.05, 0.1) is 12.0 Å². The van der Waals surface area contributed by atoms with Crippen LogP contribution in [-0.2, 0) is 21.2 Å². The maximum Gasteiger partial charge on any atom is 0.243 e. The first-order valence-electron chi connectivity index (χ1n) is 10.1. The van der Waals surface area contributed by atoms with Gasteiger partial charge in [-0.2, -0.15) is 9.29 Å². The zero-order valence-electron chi connectivity index (χ0n) is 17.5. The topological polar surface area (TPSA) is 119 Å². The maximum atomic E-state index is 12.8. The molecule has 1 aliphatic heterocycles. The van der Waals surface area contributed by atoms with Gasteiger partial charge in [-0.1, -0.05) is 5.16 Å². The van der Waals surface area contributed by atoms with Crippen LogP contribution in [0.4, 0.5) is 0 Å². The van der Waals surface area contributed by atoms with E-state index < -0.39 is 10.0 Å². The Morgan fingerprint density at radius 3 is 2.41 bits per heavy atom. The number of rotatable bonds is 7. The molecule has 3 aromatic rings. The summed E-state index contributed by atoms with van der Waals surface area (Å²) in [6.07, 6.45) is 3.82. The molecule has 0 saturated carbocycles. The molecule has 4 rings (SSSR count). The van der Waals surface area contributed by atoms with E-state index in [1.54, 1.807) is 41.6 Å². The predicted octanol–water partition coefficient (Wildman–Crippen LogP) is 1.61. The number of carbonyl (C=O) groups excluding carboxylic acids is 1. The number of hydrogen-bond acceptors (Lipinski definition) is 8. The van der Waals surface area contributed by atoms with E-state index in [1.807, 2.05) is 0 Å². The average molecular weight is 458 g/mol. The number of aryl methyl sites for hydroxylation is 1. The van der Waals surface area contributed by atoms with Gasteiger partial charge in [-0.25, -0.2) is 8.42 Å². The molecule has 2 aromatic heterocycles. The Hall–Kier alpha value is -3.31. The van der Waals surface area contributed by atoms with E-state index in [1.165, 1.54) is 23.5 Å². The fourth-order valence-corrected chi connectivity index (χ4v) is 4.84. The summed E-state index contributed by atoms with van der Waals surface area (Å²) in [6, 6.07) is 9.83. The van der Waals surface area contributed by atoms with E-state index in [2.05, 4.69) is 15.1 Å². The van der Waals surface area contributed by atoms with Gasteiger partial charge in [0.2, 0.25) is 27.6 Å². The first kappa shape index (κ1) is 21.9. The van der Waals surface area contributed by atoms with Crippen LogP contribution < -0.4 is 4.74 Å². The molecular formula is C21H23N5O5S.